The van der Waals surface area contributed by atoms with Gasteiger partial charge in [0.15, 0.2) is 0 Å². The number of hydrogen-bond acceptors (Lipinski definition) is 3. The molecule has 0 rings (SSSR count). The summed E-state index contributed by atoms with van der Waals surface area (Å²) < 4.78 is 0. The van der Waals surface area contributed by atoms with Crippen molar-refractivity contribution in [1.82, 2.24) is 0 Å². The van der Waals surface area contributed by atoms with E-state index in [2.05, 4.69) is 6.92 Å². The molecular formula is C11H23NO3. The number of aliphatic hydroxyl groups is 1. The van der Waals surface area contributed by atoms with Crippen LogP contribution in [-0.2, 0) is 4.79 Å². The number of carbonyl (C=O) groups is 1. The summed E-state index contributed by atoms with van der Waals surface area (Å²) in [4.78, 5) is 10.4. The molecule has 2 atom stereocenters. The molecule has 0 bridgehead atoms. The number of nitrogens with two attached hydrogens (primary N) is 1. The topological polar surface area (TPSA) is 83.5 Å². The van der Waals surface area contributed by atoms with Crippen LogP contribution in [-0.4, -0.2) is 28.3 Å². The Bertz CT molecular complexity index is 173. The maximum absolute atomic E-state index is 10.4. The Hall–Kier alpha value is -0.610. The lowest BCUT2D eigenvalue weighted by Crippen LogP contribution is -2.41. The number of rotatable bonds is 9. The first-order chi connectivity index (χ1) is 7.09. The molecule has 0 radical (unpaired) electrons. The second kappa shape index (κ2) is 8.68. The van der Waals surface area contributed by atoms with Gasteiger partial charge in [-0.1, -0.05) is 45.4 Å². The Labute approximate surface area is 91.5 Å². The molecule has 4 nitrogen and oxygen atoms in total. The molecular weight excluding hydrogens is 194 g/mol. The van der Waals surface area contributed by atoms with Gasteiger partial charge in [0, 0.05) is 0 Å². The van der Waals surface area contributed by atoms with E-state index in [1.807, 2.05) is 0 Å². The number of carboxylic acids is 1. The molecule has 0 aliphatic carbocycles. The van der Waals surface area contributed by atoms with Crippen LogP contribution in [0.4, 0.5) is 0 Å². The Morgan fingerprint density at radius 3 is 2.27 bits per heavy atom. The van der Waals surface area contributed by atoms with Crippen molar-refractivity contribution >= 4 is 5.97 Å². The molecule has 0 amide bonds. The number of unbranched alkanes of at least 4 members (excludes halogenated alkanes) is 5. The summed E-state index contributed by atoms with van der Waals surface area (Å²) >= 11 is 0. The summed E-state index contributed by atoms with van der Waals surface area (Å²) in [7, 11) is 0. The van der Waals surface area contributed by atoms with Crippen LogP contribution in [0.15, 0.2) is 0 Å². The maximum Gasteiger partial charge on any atom is 0.323 e. The second-order valence-electron chi connectivity index (χ2n) is 3.99. The van der Waals surface area contributed by atoms with Crippen LogP contribution in [0.1, 0.15) is 51.9 Å². The molecule has 0 heterocycles. The second-order valence-corrected chi connectivity index (χ2v) is 3.99. The predicted octanol–water partition coefficient (Wildman–Crippen LogP) is 1.51. The van der Waals surface area contributed by atoms with E-state index < -0.39 is 18.1 Å². The maximum atomic E-state index is 10.4. The van der Waals surface area contributed by atoms with Crippen LogP contribution < -0.4 is 5.73 Å². The average Bonchev–Trinajstić information content (AvgIpc) is 2.21. The molecule has 0 saturated heterocycles. The average molecular weight is 217 g/mol. The highest BCUT2D eigenvalue weighted by molar-refractivity contribution is 5.73. The summed E-state index contributed by atoms with van der Waals surface area (Å²) in [5.74, 6) is -1.13. The molecule has 0 aromatic carbocycles. The van der Waals surface area contributed by atoms with Crippen molar-refractivity contribution in [2.24, 2.45) is 5.73 Å². The lowest BCUT2D eigenvalue weighted by Gasteiger charge is -2.14. The number of carboxylic acid groups (broad SMARTS) is 1. The fourth-order valence-corrected chi connectivity index (χ4v) is 1.48. The van der Waals surface area contributed by atoms with Gasteiger partial charge in [-0.25, -0.2) is 0 Å². The molecule has 0 unspecified atom stereocenters. The van der Waals surface area contributed by atoms with E-state index in [0.29, 0.717) is 6.42 Å². The number of hydrogen-bond donors (Lipinski definition) is 3. The highest BCUT2D eigenvalue weighted by Crippen LogP contribution is 2.09. The molecule has 0 aromatic heterocycles. The molecule has 0 aliphatic heterocycles. The molecule has 4 heteroatoms. The van der Waals surface area contributed by atoms with Crippen molar-refractivity contribution in [2.45, 2.75) is 64.0 Å². The Morgan fingerprint density at radius 1 is 1.20 bits per heavy atom. The first-order valence-corrected chi connectivity index (χ1v) is 5.76. The molecule has 90 valence electrons. The quantitative estimate of drug-likeness (QED) is 0.511. The third-order valence-electron chi connectivity index (χ3n) is 2.55. The van der Waals surface area contributed by atoms with Crippen molar-refractivity contribution < 1.29 is 15.0 Å². The number of aliphatic carboxylic acids is 1. The van der Waals surface area contributed by atoms with E-state index in [0.717, 1.165) is 19.3 Å². The Morgan fingerprint density at radius 2 is 1.73 bits per heavy atom. The van der Waals surface area contributed by atoms with Crippen molar-refractivity contribution in [3.8, 4) is 0 Å². The molecule has 0 spiro atoms. The van der Waals surface area contributed by atoms with Gasteiger partial charge in [-0.15, -0.1) is 0 Å². The predicted molar refractivity (Wildman–Crippen MR) is 59.6 cm³/mol. The zero-order chi connectivity index (χ0) is 11.7. The van der Waals surface area contributed by atoms with E-state index in [1.54, 1.807) is 0 Å². The van der Waals surface area contributed by atoms with Gasteiger partial charge < -0.3 is 15.9 Å². The monoisotopic (exact) mass is 217 g/mol. The van der Waals surface area contributed by atoms with Crippen LogP contribution in [0.3, 0.4) is 0 Å². The van der Waals surface area contributed by atoms with Gasteiger partial charge in [-0.05, 0) is 6.42 Å². The van der Waals surface area contributed by atoms with Crippen molar-refractivity contribution in [3.63, 3.8) is 0 Å². The summed E-state index contributed by atoms with van der Waals surface area (Å²) in [6, 6.07) is -1.14. The molecule has 0 aromatic rings. The van der Waals surface area contributed by atoms with Gasteiger partial charge >= 0.3 is 5.97 Å². The zero-order valence-electron chi connectivity index (χ0n) is 9.48. The fraction of sp³-hybridized carbons (Fsp3) is 0.909. The van der Waals surface area contributed by atoms with Crippen molar-refractivity contribution in [1.29, 1.82) is 0 Å². The van der Waals surface area contributed by atoms with Gasteiger partial charge in [-0.2, -0.15) is 0 Å². The summed E-state index contributed by atoms with van der Waals surface area (Å²) in [6.45, 7) is 2.16. The van der Waals surface area contributed by atoms with Gasteiger partial charge in [0.2, 0.25) is 0 Å². The van der Waals surface area contributed by atoms with Crippen LogP contribution in [0.2, 0.25) is 0 Å². The van der Waals surface area contributed by atoms with E-state index in [9.17, 15) is 9.90 Å². The Kier molecular flexibility index (Phi) is 8.33. The lowest BCUT2D eigenvalue weighted by atomic mass is 10.0. The van der Waals surface area contributed by atoms with Gasteiger partial charge in [0.25, 0.3) is 0 Å². The van der Waals surface area contributed by atoms with Crippen LogP contribution in [0.25, 0.3) is 0 Å². The van der Waals surface area contributed by atoms with E-state index in [-0.39, 0.29) is 0 Å². The minimum Gasteiger partial charge on any atom is -0.480 e. The van der Waals surface area contributed by atoms with Crippen LogP contribution in [0, 0.1) is 0 Å². The third kappa shape index (κ3) is 7.33. The minimum absolute atomic E-state index is 0.486. The van der Waals surface area contributed by atoms with Crippen molar-refractivity contribution in [3.05, 3.63) is 0 Å². The van der Waals surface area contributed by atoms with Crippen LogP contribution >= 0.6 is 0 Å². The summed E-state index contributed by atoms with van der Waals surface area (Å²) in [6.07, 6.45) is 6.31. The largest absolute Gasteiger partial charge is 0.480 e. The minimum atomic E-state index is -1.14. The standard InChI is InChI=1S/C11H23NO3/c1-2-3-4-5-6-7-8-9(13)10(12)11(14)15/h9-10,13H,2-8,12H2,1H3,(H,14,15)/t9-,10-/m0/s1. The molecule has 0 aliphatic rings. The van der Waals surface area contributed by atoms with Crippen LogP contribution in [0.5, 0.6) is 0 Å². The molecule has 0 fully saturated rings. The smallest absolute Gasteiger partial charge is 0.323 e. The highest BCUT2D eigenvalue weighted by atomic mass is 16.4. The number of aliphatic hydroxyl groups excluding tert-OH is 1. The third-order valence-corrected chi connectivity index (χ3v) is 2.55. The van der Waals surface area contributed by atoms with Gasteiger partial charge in [0.1, 0.15) is 6.04 Å². The zero-order valence-corrected chi connectivity index (χ0v) is 9.48. The highest BCUT2D eigenvalue weighted by Gasteiger charge is 2.20. The van der Waals surface area contributed by atoms with Crippen molar-refractivity contribution in [2.75, 3.05) is 0 Å². The van der Waals surface area contributed by atoms with Gasteiger partial charge in [-0.3, -0.25) is 4.79 Å². The first kappa shape index (κ1) is 14.4. The SMILES string of the molecule is CCCCCCCC[C@H](O)[C@H](N)C(=O)O. The molecule has 15 heavy (non-hydrogen) atoms. The molecule has 4 N–H and O–H groups in total. The van der Waals surface area contributed by atoms with E-state index in [1.165, 1.54) is 19.3 Å². The Balaban J connectivity index is 3.38. The van der Waals surface area contributed by atoms with E-state index >= 15 is 0 Å². The summed E-state index contributed by atoms with van der Waals surface area (Å²) in [5.41, 5.74) is 5.27. The fourth-order valence-electron chi connectivity index (χ4n) is 1.48. The summed E-state index contributed by atoms with van der Waals surface area (Å²) in [5, 5.41) is 17.9. The normalized spacial score (nSPS) is 14.9. The van der Waals surface area contributed by atoms with Gasteiger partial charge in [0.05, 0.1) is 6.10 Å². The first-order valence-electron chi connectivity index (χ1n) is 5.76. The lowest BCUT2D eigenvalue weighted by molar-refractivity contribution is -0.141. The molecule has 0 saturated carbocycles. The van der Waals surface area contributed by atoms with E-state index in [4.69, 9.17) is 10.8 Å².